The monoisotopic (exact) mass is 464 g/mol. The summed E-state index contributed by atoms with van der Waals surface area (Å²) in [5, 5.41) is 12.1. The quantitative estimate of drug-likeness (QED) is 0.381. The standard InChI is InChI=1S/C16H24N4S2.HI/c1-5-17-16(18-8-11(2)14-6-7-21-10-14)19-9-15-20-12(3)13(4)22-15;/h6-7,10-11H,5,8-9H2,1-4H3,(H2,17,18,19);1H. The molecule has 0 aromatic carbocycles. The lowest BCUT2D eigenvalue weighted by atomic mass is 10.1. The van der Waals surface area contributed by atoms with Crippen molar-refractivity contribution in [2.75, 3.05) is 13.1 Å². The van der Waals surface area contributed by atoms with Gasteiger partial charge in [-0.2, -0.15) is 11.3 Å². The van der Waals surface area contributed by atoms with E-state index in [2.05, 4.69) is 58.2 Å². The van der Waals surface area contributed by atoms with Crippen molar-refractivity contribution in [1.82, 2.24) is 15.6 Å². The highest BCUT2D eigenvalue weighted by Gasteiger charge is 2.08. The molecule has 2 aromatic rings. The number of nitrogens with one attached hydrogen (secondary N) is 2. The predicted octanol–water partition coefficient (Wildman–Crippen LogP) is 4.30. The van der Waals surface area contributed by atoms with Gasteiger partial charge in [0.25, 0.3) is 0 Å². The van der Waals surface area contributed by atoms with Crippen molar-refractivity contribution in [3.05, 3.63) is 38.0 Å². The molecule has 0 aliphatic heterocycles. The molecule has 0 spiro atoms. The van der Waals surface area contributed by atoms with Gasteiger partial charge in [-0.25, -0.2) is 9.98 Å². The molecule has 1 unspecified atom stereocenters. The lowest BCUT2D eigenvalue weighted by molar-refractivity contribution is 0.701. The number of thiophene rings is 1. The second-order valence-corrected chi connectivity index (χ2v) is 7.35. The van der Waals surface area contributed by atoms with Crippen LogP contribution in [0.15, 0.2) is 21.8 Å². The first-order valence-corrected chi connectivity index (χ1v) is 9.33. The van der Waals surface area contributed by atoms with Gasteiger partial charge < -0.3 is 10.6 Å². The molecule has 0 amide bonds. The summed E-state index contributed by atoms with van der Waals surface area (Å²) in [6.07, 6.45) is 0. The number of aryl methyl sites for hydroxylation is 2. The zero-order valence-electron chi connectivity index (χ0n) is 14.0. The lowest BCUT2D eigenvalue weighted by Gasteiger charge is -2.15. The van der Waals surface area contributed by atoms with Crippen LogP contribution < -0.4 is 10.6 Å². The number of hydrogen-bond donors (Lipinski definition) is 2. The van der Waals surface area contributed by atoms with Crippen molar-refractivity contribution in [3.8, 4) is 0 Å². The third-order valence-corrected chi connectivity index (χ3v) is 5.24. The van der Waals surface area contributed by atoms with E-state index >= 15 is 0 Å². The summed E-state index contributed by atoms with van der Waals surface area (Å²) in [5.74, 6) is 1.33. The highest BCUT2D eigenvalue weighted by atomic mass is 127. The van der Waals surface area contributed by atoms with Gasteiger partial charge in [0.1, 0.15) is 5.01 Å². The largest absolute Gasteiger partial charge is 0.357 e. The molecule has 0 fully saturated rings. The van der Waals surface area contributed by atoms with Crippen LogP contribution in [-0.4, -0.2) is 24.0 Å². The van der Waals surface area contributed by atoms with Gasteiger partial charge in [0.05, 0.1) is 12.2 Å². The average Bonchev–Trinajstić information content (AvgIpc) is 3.12. The molecule has 2 heterocycles. The van der Waals surface area contributed by atoms with Crippen LogP contribution in [0.5, 0.6) is 0 Å². The van der Waals surface area contributed by atoms with Crippen molar-refractivity contribution < 1.29 is 0 Å². The van der Waals surface area contributed by atoms with Crippen LogP contribution in [0.2, 0.25) is 0 Å². The van der Waals surface area contributed by atoms with Crippen LogP contribution >= 0.6 is 46.7 Å². The van der Waals surface area contributed by atoms with Gasteiger partial charge in [-0.1, -0.05) is 6.92 Å². The van der Waals surface area contributed by atoms with E-state index in [1.807, 2.05) is 6.92 Å². The van der Waals surface area contributed by atoms with Gasteiger partial charge in [0.2, 0.25) is 0 Å². The zero-order valence-corrected chi connectivity index (χ0v) is 18.0. The summed E-state index contributed by atoms with van der Waals surface area (Å²) in [6.45, 7) is 10.8. The molecule has 0 aliphatic carbocycles. The van der Waals surface area contributed by atoms with E-state index < -0.39 is 0 Å². The molecule has 4 nitrogen and oxygen atoms in total. The zero-order chi connectivity index (χ0) is 15.9. The van der Waals surface area contributed by atoms with Crippen molar-refractivity contribution in [1.29, 1.82) is 0 Å². The number of aromatic nitrogens is 1. The van der Waals surface area contributed by atoms with Gasteiger partial charge in [-0.05, 0) is 49.1 Å². The Kier molecular flexibility index (Phi) is 9.08. The average molecular weight is 464 g/mol. The van der Waals surface area contributed by atoms with Gasteiger partial charge in [0, 0.05) is 18.0 Å². The summed E-state index contributed by atoms with van der Waals surface area (Å²) in [4.78, 5) is 10.4. The normalized spacial score (nSPS) is 12.6. The predicted molar refractivity (Wildman–Crippen MR) is 113 cm³/mol. The summed E-state index contributed by atoms with van der Waals surface area (Å²) in [5.41, 5.74) is 2.48. The third-order valence-electron chi connectivity index (χ3n) is 3.48. The molecule has 7 heteroatoms. The van der Waals surface area contributed by atoms with Gasteiger partial charge in [0.15, 0.2) is 5.96 Å². The molecular weight excluding hydrogens is 439 g/mol. The van der Waals surface area contributed by atoms with Crippen LogP contribution in [0.3, 0.4) is 0 Å². The van der Waals surface area contributed by atoms with E-state index in [1.54, 1.807) is 22.7 Å². The molecule has 0 saturated heterocycles. The fraction of sp³-hybridized carbons (Fsp3) is 0.500. The summed E-state index contributed by atoms with van der Waals surface area (Å²) >= 11 is 3.47. The number of halogens is 1. The Hall–Kier alpha value is -0.670. The van der Waals surface area contributed by atoms with E-state index in [4.69, 9.17) is 0 Å². The smallest absolute Gasteiger partial charge is 0.191 e. The number of rotatable bonds is 6. The molecule has 23 heavy (non-hydrogen) atoms. The molecule has 0 bridgehead atoms. The summed E-state index contributed by atoms with van der Waals surface area (Å²) in [6, 6.07) is 2.18. The molecule has 0 radical (unpaired) electrons. The fourth-order valence-corrected chi connectivity index (χ4v) is 3.66. The second kappa shape index (κ2) is 10.2. The molecule has 0 aliphatic rings. The molecule has 0 saturated carbocycles. The Balaban J connectivity index is 0.00000264. The Morgan fingerprint density at radius 1 is 1.35 bits per heavy atom. The minimum Gasteiger partial charge on any atom is -0.357 e. The van der Waals surface area contributed by atoms with Gasteiger partial charge in [-0.15, -0.1) is 35.3 Å². The number of hydrogen-bond acceptors (Lipinski definition) is 4. The summed E-state index contributed by atoms with van der Waals surface area (Å²) in [7, 11) is 0. The van der Waals surface area contributed by atoms with Crippen LogP contribution in [0, 0.1) is 13.8 Å². The van der Waals surface area contributed by atoms with Crippen molar-refractivity contribution in [2.45, 2.75) is 40.2 Å². The highest BCUT2D eigenvalue weighted by molar-refractivity contribution is 14.0. The molecule has 1 atom stereocenters. The van der Waals surface area contributed by atoms with Gasteiger partial charge >= 0.3 is 0 Å². The maximum absolute atomic E-state index is 4.64. The SMILES string of the molecule is CCNC(=NCc1nc(C)c(C)s1)NCC(C)c1ccsc1.I. The molecule has 2 aromatic heterocycles. The first-order valence-electron chi connectivity index (χ1n) is 7.57. The number of thiazole rings is 1. The first-order chi connectivity index (χ1) is 10.6. The number of guanidine groups is 1. The molecular formula is C16H25IN4S2. The van der Waals surface area contributed by atoms with Crippen molar-refractivity contribution >= 4 is 52.6 Å². The van der Waals surface area contributed by atoms with E-state index in [0.29, 0.717) is 12.5 Å². The van der Waals surface area contributed by atoms with E-state index in [9.17, 15) is 0 Å². The minimum absolute atomic E-state index is 0. The minimum atomic E-state index is 0. The van der Waals surface area contributed by atoms with Crippen molar-refractivity contribution in [3.63, 3.8) is 0 Å². The molecule has 2 rings (SSSR count). The Morgan fingerprint density at radius 3 is 2.70 bits per heavy atom. The third kappa shape index (κ3) is 6.39. The number of nitrogens with zero attached hydrogens (tertiary/aromatic N) is 2. The van der Waals surface area contributed by atoms with Crippen LogP contribution in [0.25, 0.3) is 0 Å². The van der Waals surface area contributed by atoms with E-state index in [-0.39, 0.29) is 24.0 Å². The summed E-state index contributed by atoms with van der Waals surface area (Å²) < 4.78 is 0. The lowest BCUT2D eigenvalue weighted by Crippen LogP contribution is -2.39. The highest BCUT2D eigenvalue weighted by Crippen LogP contribution is 2.18. The van der Waals surface area contributed by atoms with Gasteiger partial charge in [-0.3, -0.25) is 0 Å². The Bertz CT molecular complexity index is 588. The topological polar surface area (TPSA) is 49.3 Å². The second-order valence-electron chi connectivity index (χ2n) is 5.28. The Morgan fingerprint density at radius 2 is 2.13 bits per heavy atom. The van der Waals surface area contributed by atoms with Crippen LogP contribution in [-0.2, 0) is 6.54 Å². The fourth-order valence-electron chi connectivity index (χ4n) is 2.02. The first kappa shape index (κ1) is 20.4. The maximum atomic E-state index is 4.64. The van der Waals surface area contributed by atoms with Crippen LogP contribution in [0.4, 0.5) is 0 Å². The van der Waals surface area contributed by atoms with E-state index in [1.165, 1.54) is 10.4 Å². The van der Waals surface area contributed by atoms with Crippen molar-refractivity contribution in [2.24, 2.45) is 4.99 Å². The van der Waals surface area contributed by atoms with E-state index in [0.717, 1.165) is 29.8 Å². The molecule has 2 N–H and O–H groups in total. The molecule has 128 valence electrons. The number of aliphatic imine (C=N–C) groups is 1. The maximum Gasteiger partial charge on any atom is 0.191 e. The van der Waals surface area contributed by atoms with Crippen LogP contribution in [0.1, 0.15) is 40.9 Å². The Labute approximate surface area is 163 Å².